The minimum Gasteiger partial charge on any atom is -0.456 e. The highest BCUT2D eigenvalue weighted by atomic mass is 16.6. The summed E-state index contributed by atoms with van der Waals surface area (Å²) in [5.41, 5.74) is 1.65. The summed E-state index contributed by atoms with van der Waals surface area (Å²) >= 11 is 0. The van der Waals surface area contributed by atoms with Gasteiger partial charge in [0.2, 0.25) is 0 Å². The van der Waals surface area contributed by atoms with Gasteiger partial charge in [0.25, 0.3) is 0 Å². The first-order valence-corrected chi connectivity index (χ1v) is 5.14. The minimum atomic E-state index is -0.533. The zero-order valence-electron chi connectivity index (χ0n) is 10.3. The van der Waals surface area contributed by atoms with Crippen LogP contribution in [0.15, 0.2) is 0 Å². The van der Waals surface area contributed by atoms with E-state index in [0.717, 1.165) is 0 Å². The first-order valence-electron chi connectivity index (χ1n) is 5.14. The quantitative estimate of drug-likeness (QED) is 0.618. The van der Waals surface area contributed by atoms with Gasteiger partial charge < -0.3 is 9.72 Å². The molecule has 0 saturated heterocycles. The molecule has 0 fully saturated rings. The van der Waals surface area contributed by atoms with E-state index in [1.807, 2.05) is 20.8 Å². The fourth-order valence-electron chi connectivity index (χ4n) is 1.53. The summed E-state index contributed by atoms with van der Waals surface area (Å²) < 4.78 is 5.27. The lowest BCUT2D eigenvalue weighted by Crippen LogP contribution is -2.24. The molecule has 0 aromatic carbocycles. The van der Waals surface area contributed by atoms with Crippen molar-refractivity contribution in [3.05, 3.63) is 22.5 Å². The first-order chi connectivity index (χ1) is 7.26. The first kappa shape index (κ1) is 12.5. The van der Waals surface area contributed by atoms with Crippen LogP contribution in [0.3, 0.4) is 0 Å². The van der Waals surface area contributed by atoms with Gasteiger partial charge in [-0.05, 0) is 40.2 Å². The lowest BCUT2D eigenvalue weighted by atomic mass is 10.1. The van der Waals surface area contributed by atoms with Gasteiger partial charge in [-0.1, -0.05) is 0 Å². The van der Waals surface area contributed by atoms with Crippen LogP contribution in [-0.4, -0.2) is 22.8 Å². The summed E-state index contributed by atoms with van der Waals surface area (Å²) in [6, 6.07) is 0. The van der Waals surface area contributed by atoms with E-state index in [4.69, 9.17) is 4.74 Å². The molecule has 1 rings (SSSR count). The molecule has 4 heteroatoms. The van der Waals surface area contributed by atoms with Gasteiger partial charge >= 0.3 is 5.97 Å². The molecule has 0 amide bonds. The number of rotatable bonds is 2. The molecule has 0 atom stereocenters. The predicted octanol–water partition coefficient (Wildman–Crippen LogP) is 2.40. The molecule has 0 spiro atoms. The third kappa shape index (κ3) is 2.51. The summed E-state index contributed by atoms with van der Waals surface area (Å²) in [6.45, 7) is 8.90. The SMILES string of the molecule is Cc1[nH]c(C=O)c(C)c1C(=O)OC(C)(C)C. The van der Waals surface area contributed by atoms with E-state index in [1.165, 1.54) is 0 Å². The van der Waals surface area contributed by atoms with Crippen LogP contribution in [-0.2, 0) is 4.74 Å². The van der Waals surface area contributed by atoms with Crippen molar-refractivity contribution < 1.29 is 14.3 Å². The number of H-pyrrole nitrogens is 1. The zero-order valence-corrected chi connectivity index (χ0v) is 10.3. The van der Waals surface area contributed by atoms with Gasteiger partial charge in [0, 0.05) is 5.69 Å². The number of hydrogen-bond acceptors (Lipinski definition) is 3. The molecule has 1 heterocycles. The number of esters is 1. The number of carbonyl (C=O) groups is 2. The normalized spacial score (nSPS) is 11.3. The third-order valence-electron chi connectivity index (χ3n) is 2.20. The number of aldehydes is 1. The second-order valence-corrected chi connectivity index (χ2v) is 4.78. The molecular formula is C12H17NO3. The maximum absolute atomic E-state index is 11.9. The van der Waals surface area contributed by atoms with E-state index >= 15 is 0 Å². The molecule has 0 aliphatic heterocycles. The Morgan fingerprint density at radius 2 is 1.88 bits per heavy atom. The molecule has 0 radical (unpaired) electrons. The minimum absolute atomic E-state index is 0.396. The van der Waals surface area contributed by atoms with Crippen LogP contribution in [0.4, 0.5) is 0 Å². The van der Waals surface area contributed by atoms with Crippen molar-refractivity contribution in [3.8, 4) is 0 Å². The van der Waals surface area contributed by atoms with Crippen LogP contribution in [0.25, 0.3) is 0 Å². The number of carbonyl (C=O) groups excluding carboxylic acids is 2. The van der Waals surface area contributed by atoms with Gasteiger partial charge in [0.15, 0.2) is 6.29 Å². The fraction of sp³-hybridized carbons (Fsp3) is 0.500. The molecule has 1 aromatic rings. The Balaban J connectivity index is 3.09. The van der Waals surface area contributed by atoms with Crippen molar-refractivity contribution in [1.29, 1.82) is 0 Å². The van der Waals surface area contributed by atoms with Gasteiger partial charge in [0.05, 0.1) is 11.3 Å². The highest BCUT2D eigenvalue weighted by Crippen LogP contribution is 2.20. The molecule has 1 aromatic heterocycles. The Morgan fingerprint density at radius 1 is 1.31 bits per heavy atom. The average molecular weight is 223 g/mol. The highest BCUT2D eigenvalue weighted by Gasteiger charge is 2.23. The van der Waals surface area contributed by atoms with Gasteiger partial charge in [-0.2, -0.15) is 0 Å². The molecule has 4 nitrogen and oxygen atoms in total. The number of hydrogen-bond donors (Lipinski definition) is 1. The Bertz CT molecular complexity index is 424. The van der Waals surface area contributed by atoms with Gasteiger partial charge in [-0.15, -0.1) is 0 Å². The topological polar surface area (TPSA) is 59.2 Å². The lowest BCUT2D eigenvalue weighted by molar-refractivity contribution is 0.00682. The smallest absolute Gasteiger partial charge is 0.340 e. The van der Waals surface area contributed by atoms with Gasteiger partial charge in [0.1, 0.15) is 5.60 Å². The molecule has 1 N–H and O–H groups in total. The van der Waals surface area contributed by atoms with E-state index in [1.54, 1.807) is 13.8 Å². The number of aromatic amines is 1. The van der Waals surface area contributed by atoms with E-state index in [9.17, 15) is 9.59 Å². The molecule has 0 saturated carbocycles. The van der Waals surface area contributed by atoms with Crippen molar-refractivity contribution >= 4 is 12.3 Å². The summed E-state index contributed by atoms with van der Waals surface area (Å²) in [5.74, 6) is -0.396. The monoisotopic (exact) mass is 223 g/mol. The average Bonchev–Trinajstić information content (AvgIpc) is 2.38. The van der Waals surface area contributed by atoms with E-state index < -0.39 is 11.6 Å². The molecular weight excluding hydrogens is 206 g/mol. The van der Waals surface area contributed by atoms with Crippen LogP contribution < -0.4 is 0 Å². The van der Waals surface area contributed by atoms with Crippen molar-refractivity contribution in [2.45, 2.75) is 40.2 Å². The van der Waals surface area contributed by atoms with E-state index in [-0.39, 0.29) is 0 Å². The summed E-state index contributed by atoms with van der Waals surface area (Å²) in [4.78, 5) is 25.5. The number of aromatic nitrogens is 1. The molecule has 0 bridgehead atoms. The molecule has 88 valence electrons. The second kappa shape index (κ2) is 4.12. The Hall–Kier alpha value is -1.58. The maximum atomic E-state index is 11.9. The van der Waals surface area contributed by atoms with Crippen LogP contribution in [0.2, 0.25) is 0 Å². The Kier molecular flexibility index (Phi) is 3.21. The van der Waals surface area contributed by atoms with E-state index in [0.29, 0.717) is 28.8 Å². The summed E-state index contributed by atoms with van der Waals surface area (Å²) in [6.07, 6.45) is 0.705. The molecule has 0 aliphatic carbocycles. The van der Waals surface area contributed by atoms with Crippen LogP contribution in [0.1, 0.15) is 52.9 Å². The van der Waals surface area contributed by atoms with Crippen LogP contribution in [0, 0.1) is 13.8 Å². The van der Waals surface area contributed by atoms with Crippen LogP contribution >= 0.6 is 0 Å². The van der Waals surface area contributed by atoms with E-state index in [2.05, 4.69) is 4.98 Å². The van der Waals surface area contributed by atoms with Gasteiger partial charge in [-0.3, -0.25) is 4.79 Å². The molecule has 16 heavy (non-hydrogen) atoms. The highest BCUT2D eigenvalue weighted by molar-refractivity contribution is 5.95. The van der Waals surface area contributed by atoms with Crippen molar-refractivity contribution in [3.63, 3.8) is 0 Å². The number of ether oxygens (including phenoxy) is 1. The van der Waals surface area contributed by atoms with Gasteiger partial charge in [-0.25, -0.2) is 4.79 Å². The Labute approximate surface area is 95.0 Å². The second-order valence-electron chi connectivity index (χ2n) is 4.78. The lowest BCUT2D eigenvalue weighted by Gasteiger charge is -2.19. The third-order valence-corrected chi connectivity index (χ3v) is 2.20. The largest absolute Gasteiger partial charge is 0.456 e. The van der Waals surface area contributed by atoms with Crippen LogP contribution in [0.5, 0.6) is 0 Å². The Morgan fingerprint density at radius 3 is 2.25 bits per heavy atom. The predicted molar refractivity (Wildman–Crippen MR) is 60.8 cm³/mol. The number of nitrogens with one attached hydrogen (secondary N) is 1. The standard InChI is InChI=1S/C12H17NO3/c1-7-9(6-14)13-8(2)10(7)11(15)16-12(3,4)5/h6,13H,1-5H3. The zero-order chi connectivity index (χ0) is 12.5. The fourth-order valence-corrected chi connectivity index (χ4v) is 1.53. The molecule has 0 aliphatic rings. The number of aryl methyl sites for hydroxylation is 1. The summed E-state index contributed by atoms with van der Waals surface area (Å²) in [5, 5.41) is 0. The summed E-state index contributed by atoms with van der Waals surface area (Å²) in [7, 11) is 0. The maximum Gasteiger partial charge on any atom is 0.340 e. The molecule has 0 unspecified atom stereocenters. The van der Waals surface area contributed by atoms with Crippen molar-refractivity contribution in [1.82, 2.24) is 4.98 Å². The van der Waals surface area contributed by atoms with Crippen molar-refractivity contribution in [2.24, 2.45) is 0 Å². The van der Waals surface area contributed by atoms with Crippen molar-refractivity contribution in [2.75, 3.05) is 0 Å².